The number of rotatable bonds is 4. The van der Waals surface area contributed by atoms with Crippen LogP contribution < -0.4 is 0 Å². The molecule has 9 aromatic rings. The van der Waals surface area contributed by atoms with Gasteiger partial charge in [0.1, 0.15) is 0 Å². The molecule has 0 bridgehead atoms. The molecule has 7 aromatic carbocycles. The summed E-state index contributed by atoms with van der Waals surface area (Å²) in [7, 11) is 0. The maximum atomic E-state index is 4.48. The number of hydrogen-bond acceptors (Lipinski definition) is 1. The second-order valence-electron chi connectivity index (χ2n) is 14.1. The molecule has 2 aromatic heterocycles. The monoisotopic (exact) mass is 638 g/mol. The molecule has 0 N–H and O–H groups in total. The lowest BCUT2D eigenvalue weighted by molar-refractivity contribution is 0.661. The normalized spacial score (nSPS) is 13.2. The predicted molar refractivity (Wildman–Crippen MR) is 210 cm³/mol. The Bertz CT molecular complexity index is 2770. The van der Waals surface area contributed by atoms with Crippen molar-refractivity contribution in [2.75, 3.05) is 0 Å². The number of nitrogens with zero attached hydrogens (tertiary/aromatic N) is 2. The van der Waals surface area contributed by atoms with Gasteiger partial charge >= 0.3 is 0 Å². The van der Waals surface area contributed by atoms with Gasteiger partial charge in [-0.3, -0.25) is 4.98 Å². The first kappa shape index (κ1) is 28.7. The van der Waals surface area contributed by atoms with Crippen LogP contribution in [0.25, 0.3) is 82.9 Å². The van der Waals surface area contributed by atoms with Crippen LogP contribution >= 0.6 is 0 Å². The third-order valence-corrected chi connectivity index (χ3v) is 10.9. The van der Waals surface area contributed by atoms with Crippen molar-refractivity contribution in [3.8, 4) is 50.2 Å². The van der Waals surface area contributed by atoms with Gasteiger partial charge in [-0.25, -0.2) is 0 Å². The minimum absolute atomic E-state index is 0.122. The maximum Gasteiger partial charge on any atom is 0.0702 e. The van der Waals surface area contributed by atoms with E-state index in [4.69, 9.17) is 0 Å². The van der Waals surface area contributed by atoms with Gasteiger partial charge in [-0.2, -0.15) is 0 Å². The molecule has 2 heterocycles. The summed E-state index contributed by atoms with van der Waals surface area (Å²) in [5.74, 6) is 0. The van der Waals surface area contributed by atoms with Gasteiger partial charge in [0.05, 0.1) is 16.6 Å². The smallest absolute Gasteiger partial charge is 0.0702 e. The maximum absolute atomic E-state index is 4.48. The van der Waals surface area contributed by atoms with E-state index in [0.29, 0.717) is 0 Å². The molecule has 10 rings (SSSR count). The highest BCUT2D eigenvalue weighted by molar-refractivity contribution is 6.10. The molecular weight excluding hydrogens is 605 g/mol. The van der Waals surface area contributed by atoms with Gasteiger partial charge in [-0.15, -0.1) is 0 Å². The summed E-state index contributed by atoms with van der Waals surface area (Å²) < 4.78 is 2.38. The third-order valence-electron chi connectivity index (χ3n) is 10.9. The molecule has 1 aliphatic carbocycles. The van der Waals surface area contributed by atoms with E-state index in [2.05, 4.69) is 181 Å². The quantitative estimate of drug-likeness (QED) is 0.188. The third kappa shape index (κ3) is 4.38. The highest BCUT2D eigenvalue weighted by Crippen LogP contribution is 2.51. The summed E-state index contributed by atoms with van der Waals surface area (Å²) in [6.45, 7) is 4.75. The molecule has 50 heavy (non-hydrogen) atoms. The van der Waals surface area contributed by atoms with E-state index in [-0.39, 0.29) is 5.41 Å². The molecule has 0 spiro atoms. The molecule has 0 aliphatic heterocycles. The van der Waals surface area contributed by atoms with Gasteiger partial charge in [0, 0.05) is 33.5 Å². The molecule has 2 heteroatoms. The Kier molecular flexibility index (Phi) is 6.25. The van der Waals surface area contributed by atoms with E-state index >= 15 is 0 Å². The SMILES string of the molecule is CC1(C)c2cc(-c3ccc(-c4ccc5ncccc5c4)cc3)ccc2-c2ccc(-c3ccc4c(c3)c3ccccc3n4-c3ccccc3)cc21. The first-order valence-electron chi connectivity index (χ1n) is 17.4. The molecule has 0 unspecified atom stereocenters. The molecule has 0 saturated carbocycles. The fourth-order valence-electron chi connectivity index (χ4n) is 8.21. The average Bonchev–Trinajstić information content (AvgIpc) is 3.62. The van der Waals surface area contributed by atoms with Gasteiger partial charge in [0.2, 0.25) is 0 Å². The van der Waals surface area contributed by atoms with Crippen LogP contribution in [0.15, 0.2) is 170 Å². The Morgan fingerprint density at radius 2 is 1.00 bits per heavy atom. The van der Waals surface area contributed by atoms with Crippen molar-refractivity contribution in [1.29, 1.82) is 0 Å². The first-order chi connectivity index (χ1) is 24.5. The number of hydrogen-bond donors (Lipinski definition) is 0. The largest absolute Gasteiger partial charge is 0.309 e. The summed E-state index contributed by atoms with van der Waals surface area (Å²) in [4.78, 5) is 4.48. The number of para-hydroxylation sites is 2. The van der Waals surface area contributed by atoms with Gasteiger partial charge in [0.25, 0.3) is 0 Å². The zero-order chi connectivity index (χ0) is 33.4. The summed E-state index contributed by atoms with van der Waals surface area (Å²) in [5.41, 5.74) is 17.4. The van der Waals surface area contributed by atoms with Crippen LogP contribution in [0.2, 0.25) is 0 Å². The van der Waals surface area contributed by atoms with Crippen LogP contribution in [0.3, 0.4) is 0 Å². The second-order valence-corrected chi connectivity index (χ2v) is 14.1. The van der Waals surface area contributed by atoms with E-state index in [1.807, 2.05) is 12.3 Å². The molecule has 2 nitrogen and oxygen atoms in total. The lowest BCUT2D eigenvalue weighted by Crippen LogP contribution is -2.15. The number of aromatic nitrogens is 2. The van der Waals surface area contributed by atoms with Crippen molar-refractivity contribution in [1.82, 2.24) is 9.55 Å². The fourth-order valence-corrected chi connectivity index (χ4v) is 8.21. The molecule has 236 valence electrons. The van der Waals surface area contributed by atoms with Crippen molar-refractivity contribution >= 4 is 32.7 Å². The van der Waals surface area contributed by atoms with E-state index < -0.39 is 0 Å². The van der Waals surface area contributed by atoms with Crippen LogP contribution in [0.4, 0.5) is 0 Å². The average molecular weight is 639 g/mol. The van der Waals surface area contributed by atoms with E-state index in [1.165, 1.54) is 83.1 Å². The molecule has 0 radical (unpaired) electrons. The second kappa shape index (κ2) is 10.9. The minimum Gasteiger partial charge on any atom is -0.309 e. The zero-order valence-electron chi connectivity index (χ0n) is 28.1. The Hall–Kier alpha value is -6.25. The number of pyridine rings is 1. The van der Waals surface area contributed by atoms with Gasteiger partial charge < -0.3 is 4.57 Å². The molecule has 0 fully saturated rings. The van der Waals surface area contributed by atoms with Crippen molar-refractivity contribution in [2.24, 2.45) is 0 Å². The van der Waals surface area contributed by atoms with Crippen molar-refractivity contribution in [3.05, 3.63) is 181 Å². The van der Waals surface area contributed by atoms with Crippen LogP contribution in [-0.4, -0.2) is 9.55 Å². The molecule has 1 aliphatic rings. The highest BCUT2D eigenvalue weighted by Gasteiger charge is 2.36. The van der Waals surface area contributed by atoms with E-state index in [9.17, 15) is 0 Å². The number of benzene rings is 7. The molecule has 0 saturated heterocycles. The molecular formula is C48H34N2. The Morgan fingerprint density at radius 3 is 1.74 bits per heavy atom. The van der Waals surface area contributed by atoms with Crippen molar-refractivity contribution in [2.45, 2.75) is 19.3 Å². The summed E-state index contributed by atoms with van der Waals surface area (Å²) in [6, 6.07) is 60.0. The van der Waals surface area contributed by atoms with Crippen LogP contribution in [0, 0.1) is 0 Å². The van der Waals surface area contributed by atoms with Gasteiger partial charge in [-0.1, -0.05) is 117 Å². The highest BCUT2D eigenvalue weighted by atomic mass is 15.0. The standard InChI is InChI=1S/C48H34N2/c1-48(2)43-29-35(32-16-14-31(15-17-32)33-20-24-45-37(27-33)9-8-26-49-45)18-22-39(43)40-23-19-36(30-44(40)48)34-21-25-47-42(28-34)41-12-6-7-13-46(41)50(47)38-10-4-3-5-11-38/h3-30H,1-2H3. The summed E-state index contributed by atoms with van der Waals surface area (Å²) in [5, 5.41) is 3.71. The van der Waals surface area contributed by atoms with Gasteiger partial charge in [-0.05, 0) is 116 Å². The number of fused-ring (bicyclic) bond motifs is 7. The Morgan fingerprint density at radius 1 is 0.440 bits per heavy atom. The van der Waals surface area contributed by atoms with Crippen molar-refractivity contribution < 1.29 is 0 Å². The van der Waals surface area contributed by atoms with Crippen LogP contribution in [0.5, 0.6) is 0 Å². The topological polar surface area (TPSA) is 17.8 Å². The predicted octanol–water partition coefficient (Wildman–Crippen LogP) is 12.6. The Balaban J connectivity index is 1.000. The Labute approximate surface area is 291 Å². The van der Waals surface area contributed by atoms with Gasteiger partial charge in [0.15, 0.2) is 0 Å². The summed E-state index contributed by atoms with van der Waals surface area (Å²) >= 11 is 0. The molecule has 0 atom stereocenters. The van der Waals surface area contributed by atoms with Crippen LogP contribution in [0.1, 0.15) is 25.0 Å². The van der Waals surface area contributed by atoms with Crippen molar-refractivity contribution in [3.63, 3.8) is 0 Å². The first-order valence-corrected chi connectivity index (χ1v) is 17.4. The summed E-state index contributed by atoms with van der Waals surface area (Å²) in [6.07, 6.45) is 1.85. The lowest BCUT2D eigenvalue weighted by Gasteiger charge is -2.22. The van der Waals surface area contributed by atoms with Crippen LogP contribution in [-0.2, 0) is 5.41 Å². The molecule has 0 amide bonds. The van der Waals surface area contributed by atoms with E-state index in [0.717, 1.165) is 10.9 Å². The lowest BCUT2D eigenvalue weighted by atomic mass is 9.80. The zero-order valence-corrected chi connectivity index (χ0v) is 28.1. The fraction of sp³-hybridized carbons (Fsp3) is 0.0625. The minimum atomic E-state index is -0.122. The van der Waals surface area contributed by atoms with E-state index in [1.54, 1.807) is 0 Å².